The number of nitrogens with one attached hydrogen (secondary N) is 1. The molecule has 1 atom stereocenters. The van der Waals surface area contributed by atoms with Gasteiger partial charge in [-0.1, -0.05) is 5.16 Å². The monoisotopic (exact) mass is 258 g/mol. The predicted octanol–water partition coefficient (Wildman–Crippen LogP) is 1.90. The van der Waals surface area contributed by atoms with Gasteiger partial charge in [-0.3, -0.25) is 4.98 Å². The predicted molar refractivity (Wildman–Crippen MR) is 71.7 cm³/mol. The fraction of sp³-hybridized carbons (Fsp3) is 0.500. The average molecular weight is 258 g/mol. The van der Waals surface area contributed by atoms with E-state index in [-0.39, 0.29) is 0 Å². The lowest BCUT2D eigenvalue weighted by atomic mass is 10.0. The summed E-state index contributed by atoms with van der Waals surface area (Å²) in [6.45, 7) is 6.03. The first kappa shape index (κ1) is 12.3. The lowest BCUT2D eigenvalue weighted by Crippen LogP contribution is -2.11. The van der Waals surface area contributed by atoms with Crippen LogP contribution in [0.5, 0.6) is 0 Å². The average Bonchev–Trinajstić information content (AvgIpc) is 3.00. The summed E-state index contributed by atoms with van der Waals surface area (Å²) in [5.74, 6) is 1.47. The van der Waals surface area contributed by atoms with E-state index in [0.717, 1.165) is 47.9 Å². The van der Waals surface area contributed by atoms with Gasteiger partial charge in [0.05, 0.1) is 28.8 Å². The highest BCUT2D eigenvalue weighted by molar-refractivity contribution is 5.62. The van der Waals surface area contributed by atoms with E-state index >= 15 is 0 Å². The van der Waals surface area contributed by atoms with Gasteiger partial charge in [0.15, 0.2) is 0 Å². The third kappa shape index (κ3) is 2.51. The van der Waals surface area contributed by atoms with Crippen LogP contribution in [0, 0.1) is 19.8 Å². The molecule has 1 aliphatic heterocycles. The van der Waals surface area contributed by atoms with Crippen molar-refractivity contribution in [3.8, 4) is 11.3 Å². The van der Waals surface area contributed by atoms with Crippen molar-refractivity contribution >= 4 is 0 Å². The molecule has 0 saturated carbocycles. The van der Waals surface area contributed by atoms with Gasteiger partial charge >= 0.3 is 0 Å². The Hall–Kier alpha value is -1.75. The van der Waals surface area contributed by atoms with Gasteiger partial charge in [0.25, 0.3) is 0 Å². The first-order valence-electron chi connectivity index (χ1n) is 6.69. The van der Waals surface area contributed by atoms with Crippen LogP contribution in [0.4, 0.5) is 0 Å². The molecule has 0 radical (unpaired) electrons. The van der Waals surface area contributed by atoms with Crippen molar-refractivity contribution in [2.24, 2.45) is 5.92 Å². The van der Waals surface area contributed by atoms with Crippen LogP contribution in [0.25, 0.3) is 11.3 Å². The molecule has 0 unspecified atom stereocenters. The van der Waals surface area contributed by atoms with Crippen molar-refractivity contribution in [2.45, 2.75) is 26.7 Å². The van der Waals surface area contributed by atoms with Crippen molar-refractivity contribution in [1.82, 2.24) is 20.4 Å². The zero-order chi connectivity index (χ0) is 13.2. The number of hydrogen-bond acceptors (Lipinski definition) is 5. The summed E-state index contributed by atoms with van der Waals surface area (Å²) in [6, 6.07) is 0. The Morgan fingerprint density at radius 2 is 2.26 bits per heavy atom. The van der Waals surface area contributed by atoms with E-state index < -0.39 is 0 Å². The third-order valence-corrected chi connectivity index (χ3v) is 3.63. The molecule has 2 aromatic rings. The van der Waals surface area contributed by atoms with Crippen molar-refractivity contribution in [3.05, 3.63) is 29.5 Å². The highest BCUT2D eigenvalue weighted by Gasteiger charge is 2.17. The first-order valence-corrected chi connectivity index (χ1v) is 6.69. The van der Waals surface area contributed by atoms with Crippen LogP contribution in [0.1, 0.15) is 23.6 Å². The molecule has 5 heteroatoms. The molecule has 100 valence electrons. The van der Waals surface area contributed by atoms with Gasteiger partial charge in [-0.2, -0.15) is 0 Å². The second-order valence-corrected chi connectivity index (χ2v) is 5.16. The topological polar surface area (TPSA) is 63.8 Å². The molecule has 1 N–H and O–H groups in total. The van der Waals surface area contributed by atoms with Gasteiger partial charge in [0.2, 0.25) is 0 Å². The van der Waals surface area contributed by atoms with Crippen LogP contribution >= 0.6 is 0 Å². The van der Waals surface area contributed by atoms with Crippen LogP contribution in [-0.2, 0) is 6.42 Å². The molecule has 3 heterocycles. The Bertz CT molecular complexity index is 553. The van der Waals surface area contributed by atoms with Gasteiger partial charge in [-0.25, -0.2) is 4.98 Å². The number of hydrogen-bond donors (Lipinski definition) is 1. The molecular formula is C14H18N4O. The van der Waals surface area contributed by atoms with Crippen molar-refractivity contribution in [1.29, 1.82) is 0 Å². The molecule has 0 aliphatic carbocycles. The first-order chi connectivity index (χ1) is 9.24. The molecule has 0 bridgehead atoms. The van der Waals surface area contributed by atoms with Crippen LogP contribution in [0.15, 0.2) is 16.9 Å². The summed E-state index contributed by atoms with van der Waals surface area (Å²) in [7, 11) is 0. The van der Waals surface area contributed by atoms with E-state index in [2.05, 4.69) is 15.5 Å². The molecule has 19 heavy (non-hydrogen) atoms. The van der Waals surface area contributed by atoms with Gasteiger partial charge in [-0.05, 0) is 45.7 Å². The minimum Gasteiger partial charge on any atom is -0.361 e. The molecule has 1 saturated heterocycles. The Morgan fingerprint density at radius 1 is 1.37 bits per heavy atom. The zero-order valence-corrected chi connectivity index (χ0v) is 11.3. The molecule has 0 aromatic carbocycles. The Kier molecular flexibility index (Phi) is 3.29. The lowest BCUT2D eigenvalue weighted by molar-refractivity contribution is 0.393. The smallest absolute Gasteiger partial charge is 0.143 e. The Morgan fingerprint density at radius 3 is 2.95 bits per heavy atom. The summed E-state index contributed by atoms with van der Waals surface area (Å²) < 4.78 is 5.20. The summed E-state index contributed by atoms with van der Waals surface area (Å²) in [4.78, 5) is 9.02. The van der Waals surface area contributed by atoms with Crippen molar-refractivity contribution in [2.75, 3.05) is 13.1 Å². The maximum absolute atomic E-state index is 5.20. The molecule has 2 aromatic heterocycles. The van der Waals surface area contributed by atoms with E-state index in [1.165, 1.54) is 6.42 Å². The molecule has 3 rings (SSSR count). The van der Waals surface area contributed by atoms with Gasteiger partial charge in [0, 0.05) is 6.20 Å². The standard InChI is InChI=1S/C14H18N4O/c1-9-14(10(2)19-18-9)13-8-16-7-12(17-13)5-11-3-4-15-6-11/h7-8,11,15H,3-6H2,1-2H3/t11-/m0/s1. The number of aromatic nitrogens is 3. The fourth-order valence-electron chi connectivity index (χ4n) is 2.66. The van der Waals surface area contributed by atoms with Crippen LogP contribution in [-0.4, -0.2) is 28.2 Å². The molecule has 1 aliphatic rings. The minimum absolute atomic E-state index is 0.675. The number of aryl methyl sites for hydroxylation is 2. The maximum Gasteiger partial charge on any atom is 0.143 e. The van der Waals surface area contributed by atoms with E-state index in [4.69, 9.17) is 9.51 Å². The SMILES string of the molecule is Cc1noc(C)c1-c1cncc(C[C@@H]2CCNC2)n1. The van der Waals surface area contributed by atoms with Crippen LogP contribution in [0.2, 0.25) is 0 Å². The van der Waals surface area contributed by atoms with E-state index in [0.29, 0.717) is 5.92 Å². The van der Waals surface area contributed by atoms with E-state index in [1.54, 1.807) is 6.20 Å². The summed E-state index contributed by atoms with van der Waals surface area (Å²) in [5.41, 5.74) is 3.75. The second-order valence-electron chi connectivity index (χ2n) is 5.16. The van der Waals surface area contributed by atoms with Crippen LogP contribution < -0.4 is 5.32 Å². The van der Waals surface area contributed by atoms with Gasteiger partial charge < -0.3 is 9.84 Å². The molecule has 0 amide bonds. The molecular weight excluding hydrogens is 240 g/mol. The van der Waals surface area contributed by atoms with Crippen LogP contribution in [0.3, 0.4) is 0 Å². The second kappa shape index (κ2) is 5.09. The van der Waals surface area contributed by atoms with Gasteiger partial charge in [-0.15, -0.1) is 0 Å². The third-order valence-electron chi connectivity index (χ3n) is 3.63. The largest absolute Gasteiger partial charge is 0.361 e. The summed E-state index contributed by atoms with van der Waals surface area (Å²) in [5, 5.41) is 7.35. The maximum atomic E-state index is 5.20. The highest BCUT2D eigenvalue weighted by Crippen LogP contribution is 2.25. The Balaban J connectivity index is 1.87. The Labute approximate surface area is 112 Å². The highest BCUT2D eigenvalue weighted by atomic mass is 16.5. The number of nitrogens with zero attached hydrogens (tertiary/aromatic N) is 3. The van der Waals surface area contributed by atoms with E-state index in [9.17, 15) is 0 Å². The van der Waals surface area contributed by atoms with Gasteiger partial charge in [0.1, 0.15) is 5.76 Å². The zero-order valence-electron chi connectivity index (χ0n) is 11.3. The molecule has 5 nitrogen and oxygen atoms in total. The minimum atomic E-state index is 0.675. The quantitative estimate of drug-likeness (QED) is 0.911. The molecule has 1 fully saturated rings. The summed E-state index contributed by atoms with van der Waals surface area (Å²) in [6.07, 6.45) is 5.84. The van der Waals surface area contributed by atoms with E-state index in [1.807, 2.05) is 20.0 Å². The van der Waals surface area contributed by atoms with Crippen molar-refractivity contribution < 1.29 is 4.52 Å². The molecule has 0 spiro atoms. The van der Waals surface area contributed by atoms with Crippen molar-refractivity contribution in [3.63, 3.8) is 0 Å². The normalized spacial score (nSPS) is 18.9. The number of rotatable bonds is 3. The lowest BCUT2D eigenvalue weighted by Gasteiger charge is -2.08. The fourth-order valence-corrected chi connectivity index (χ4v) is 2.66. The summed E-state index contributed by atoms with van der Waals surface area (Å²) >= 11 is 0.